The molecule has 166 valence electrons. The van der Waals surface area contributed by atoms with E-state index < -0.39 is 5.25 Å². The molecule has 0 radical (unpaired) electrons. The Labute approximate surface area is 197 Å². The molecule has 0 saturated heterocycles. The summed E-state index contributed by atoms with van der Waals surface area (Å²) < 4.78 is 1.89. The van der Waals surface area contributed by atoms with Crippen LogP contribution in [0, 0.1) is 6.92 Å². The van der Waals surface area contributed by atoms with E-state index in [0.29, 0.717) is 5.16 Å². The number of carbonyl (C=O) groups excluding carboxylic acids is 1. The van der Waals surface area contributed by atoms with E-state index in [0.717, 1.165) is 29.1 Å². The number of fused-ring (bicyclic) bond motifs is 1. The standard InChI is InChI=1S/C26H25N5OS/c1-3-18-11-15-21(16-12-18)27-25(32)23-22(19-13-9-17(2)10-14-19)30-31-24(28-29-26(31)33-23)20-7-5-4-6-8-20/h4-16,22-23,30H,3H2,1-2H3,(H,27,32)/t22-,23+/m1/s1. The maximum atomic E-state index is 13.4. The van der Waals surface area contributed by atoms with E-state index >= 15 is 0 Å². The molecule has 1 aliphatic rings. The fourth-order valence-corrected chi connectivity index (χ4v) is 4.97. The van der Waals surface area contributed by atoms with Gasteiger partial charge in [0.1, 0.15) is 5.25 Å². The van der Waals surface area contributed by atoms with E-state index in [-0.39, 0.29) is 11.9 Å². The Morgan fingerprint density at radius 3 is 2.42 bits per heavy atom. The van der Waals surface area contributed by atoms with Gasteiger partial charge in [0, 0.05) is 11.3 Å². The van der Waals surface area contributed by atoms with Crippen LogP contribution in [0.5, 0.6) is 0 Å². The van der Waals surface area contributed by atoms with Gasteiger partial charge in [0.05, 0.1) is 6.04 Å². The van der Waals surface area contributed by atoms with Crippen LogP contribution in [0.15, 0.2) is 84.0 Å². The lowest BCUT2D eigenvalue weighted by Gasteiger charge is -2.33. The molecule has 0 unspecified atom stereocenters. The number of anilines is 1. The summed E-state index contributed by atoms with van der Waals surface area (Å²) in [5.41, 5.74) is 8.73. The lowest BCUT2D eigenvalue weighted by molar-refractivity contribution is -0.116. The highest BCUT2D eigenvalue weighted by Crippen LogP contribution is 2.39. The highest BCUT2D eigenvalue weighted by atomic mass is 32.2. The molecule has 2 N–H and O–H groups in total. The monoisotopic (exact) mass is 455 g/mol. The first kappa shape index (κ1) is 21.3. The van der Waals surface area contributed by atoms with Crippen molar-refractivity contribution in [3.05, 3.63) is 95.6 Å². The SMILES string of the molecule is CCc1ccc(NC(=O)[C@H]2Sc3nnc(-c4ccccc4)n3N[C@@H]2c2ccc(C)cc2)cc1. The third kappa shape index (κ3) is 4.36. The second kappa shape index (κ2) is 9.11. The van der Waals surface area contributed by atoms with Gasteiger partial charge in [-0.1, -0.05) is 91.0 Å². The summed E-state index contributed by atoms with van der Waals surface area (Å²) in [4.78, 5) is 13.4. The van der Waals surface area contributed by atoms with E-state index in [1.54, 1.807) is 0 Å². The van der Waals surface area contributed by atoms with Crippen LogP contribution in [0.25, 0.3) is 11.4 Å². The molecule has 6 nitrogen and oxygen atoms in total. The Morgan fingerprint density at radius 1 is 1.00 bits per heavy atom. The number of aromatic nitrogens is 3. The first-order valence-electron chi connectivity index (χ1n) is 11.0. The summed E-state index contributed by atoms with van der Waals surface area (Å²) in [6.07, 6.45) is 0.964. The zero-order valence-corrected chi connectivity index (χ0v) is 19.3. The number of nitrogens with zero attached hydrogens (tertiary/aromatic N) is 3. The molecule has 3 aromatic carbocycles. The van der Waals surface area contributed by atoms with Crippen molar-refractivity contribution in [1.82, 2.24) is 14.9 Å². The second-order valence-electron chi connectivity index (χ2n) is 8.10. The van der Waals surface area contributed by atoms with Gasteiger partial charge in [-0.05, 0) is 36.6 Å². The number of thioether (sulfide) groups is 1. The van der Waals surface area contributed by atoms with E-state index in [2.05, 4.69) is 59.1 Å². The van der Waals surface area contributed by atoms with Crippen LogP contribution in [0.1, 0.15) is 29.7 Å². The van der Waals surface area contributed by atoms with Gasteiger partial charge < -0.3 is 10.7 Å². The number of hydrogen-bond donors (Lipinski definition) is 2. The molecule has 0 spiro atoms. The number of benzene rings is 3. The largest absolute Gasteiger partial charge is 0.325 e. The van der Waals surface area contributed by atoms with E-state index in [4.69, 9.17) is 0 Å². The number of carbonyl (C=O) groups is 1. The minimum atomic E-state index is -0.418. The number of amides is 1. The van der Waals surface area contributed by atoms with Gasteiger partial charge >= 0.3 is 0 Å². The molecule has 1 aliphatic heterocycles. The van der Waals surface area contributed by atoms with Gasteiger partial charge in [-0.2, -0.15) is 0 Å². The summed E-state index contributed by atoms with van der Waals surface area (Å²) in [6.45, 7) is 4.17. The van der Waals surface area contributed by atoms with Crippen molar-refractivity contribution in [1.29, 1.82) is 0 Å². The van der Waals surface area contributed by atoms with Crippen molar-refractivity contribution in [3.63, 3.8) is 0 Å². The first-order valence-corrected chi connectivity index (χ1v) is 11.9. The van der Waals surface area contributed by atoms with E-state index in [1.807, 2.05) is 59.3 Å². The lowest BCUT2D eigenvalue weighted by atomic mass is 10.0. The molecule has 2 heterocycles. The highest BCUT2D eigenvalue weighted by molar-refractivity contribution is 8.00. The van der Waals surface area contributed by atoms with Crippen molar-refractivity contribution >= 4 is 23.4 Å². The fraction of sp³-hybridized carbons (Fsp3) is 0.192. The maximum Gasteiger partial charge on any atom is 0.240 e. The van der Waals surface area contributed by atoms with E-state index in [9.17, 15) is 4.79 Å². The molecule has 5 rings (SSSR count). The lowest BCUT2D eigenvalue weighted by Crippen LogP contribution is -2.41. The Bertz CT molecular complexity index is 1250. The molecule has 33 heavy (non-hydrogen) atoms. The van der Waals surface area contributed by atoms with Gasteiger partial charge in [0.2, 0.25) is 11.1 Å². The molecule has 4 aromatic rings. The van der Waals surface area contributed by atoms with Crippen molar-refractivity contribution in [2.75, 3.05) is 10.7 Å². The third-order valence-corrected chi connectivity index (χ3v) is 7.01. The summed E-state index contributed by atoms with van der Waals surface area (Å²) in [5, 5.41) is 12.1. The van der Waals surface area contributed by atoms with Gasteiger partial charge in [0.15, 0.2) is 5.82 Å². The fourth-order valence-electron chi connectivity index (χ4n) is 3.89. The summed E-state index contributed by atoms with van der Waals surface area (Å²) in [6, 6.07) is 26.0. The molecular formula is C26H25N5OS. The van der Waals surface area contributed by atoms with Crippen LogP contribution < -0.4 is 10.7 Å². The van der Waals surface area contributed by atoms with Gasteiger partial charge in [-0.15, -0.1) is 10.2 Å². The minimum Gasteiger partial charge on any atom is -0.325 e. The van der Waals surface area contributed by atoms with Gasteiger partial charge in [0.25, 0.3) is 0 Å². The Hall–Kier alpha value is -3.58. The molecule has 2 atom stereocenters. The highest BCUT2D eigenvalue weighted by Gasteiger charge is 2.38. The molecule has 0 saturated carbocycles. The summed E-state index contributed by atoms with van der Waals surface area (Å²) in [5.74, 6) is 0.655. The number of nitrogens with one attached hydrogen (secondary N) is 2. The zero-order valence-electron chi connectivity index (χ0n) is 18.5. The molecule has 0 aliphatic carbocycles. The minimum absolute atomic E-state index is 0.0714. The summed E-state index contributed by atoms with van der Waals surface area (Å²) in [7, 11) is 0. The topological polar surface area (TPSA) is 71.8 Å². The predicted molar refractivity (Wildman–Crippen MR) is 133 cm³/mol. The second-order valence-corrected chi connectivity index (χ2v) is 9.21. The quantitative estimate of drug-likeness (QED) is 0.432. The first-order chi connectivity index (χ1) is 16.1. The summed E-state index contributed by atoms with van der Waals surface area (Å²) >= 11 is 1.43. The molecule has 0 fully saturated rings. The normalized spacial score (nSPS) is 17.2. The predicted octanol–water partition coefficient (Wildman–Crippen LogP) is 5.21. The number of aryl methyl sites for hydroxylation is 2. The van der Waals surface area contributed by atoms with Crippen LogP contribution in [0.3, 0.4) is 0 Å². The molecule has 7 heteroatoms. The molecule has 1 amide bonds. The van der Waals surface area contributed by atoms with Crippen molar-refractivity contribution in [2.45, 2.75) is 36.7 Å². The van der Waals surface area contributed by atoms with E-state index in [1.165, 1.54) is 22.9 Å². The third-order valence-electron chi connectivity index (χ3n) is 5.79. The van der Waals surface area contributed by atoms with Gasteiger partial charge in [-0.3, -0.25) is 4.79 Å². The van der Waals surface area contributed by atoms with Crippen LogP contribution >= 0.6 is 11.8 Å². The smallest absolute Gasteiger partial charge is 0.240 e. The van der Waals surface area contributed by atoms with Crippen molar-refractivity contribution in [2.24, 2.45) is 0 Å². The Kier molecular flexibility index (Phi) is 5.88. The average molecular weight is 456 g/mol. The van der Waals surface area contributed by atoms with Crippen LogP contribution in [0.2, 0.25) is 0 Å². The average Bonchev–Trinajstić information content (AvgIpc) is 3.28. The molecule has 1 aromatic heterocycles. The van der Waals surface area contributed by atoms with Crippen LogP contribution in [0.4, 0.5) is 5.69 Å². The number of rotatable bonds is 5. The Morgan fingerprint density at radius 2 is 1.73 bits per heavy atom. The molecule has 0 bridgehead atoms. The number of hydrogen-bond acceptors (Lipinski definition) is 5. The van der Waals surface area contributed by atoms with Crippen molar-refractivity contribution < 1.29 is 4.79 Å². The van der Waals surface area contributed by atoms with Crippen LogP contribution in [-0.2, 0) is 11.2 Å². The van der Waals surface area contributed by atoms with Crippen LogP contribution in [-0.4, -0.2) is 26.0 Å². The maximum absolute atomic E-state index is 13.4. The van der Waals surface area contributed by atoms with Crippen molar-refractivity contribution in [3.8, 4) is 11.4 Å². The van der Waals surface area contributed by atoms with Gasteiger partial charge in [-0.25, -0.2) is 4.68 Å². The zero-order chi connectivity index (χ0) is 22.8. The molecular weight excluding hydrogens is 430 g/mol. The Balaban J connectivity index is 1.48.